The van der Waals surface area contributed by atoms with E-state index in [1.807, 2.05) is 0 Å². The second kappa shape index (κ2) is 3.94. The number of hydrogen-bond acceptors (Lipinski definition) is 1. The molecule has 0 radical (unpaired) electrons. The molecule has 1 nitrogen and oxygen atoms in total. The summed E-state index contributed by atoms with van der Waals surface area (Å²) >= 11 is 0. The van der Waals surface area contributed by atoms with E-state index in [0.717, 1.165) is 12.3 Å². The Bertz CT molecular complexity index is 178. The molecule has 0 spiro atoms. The molecule has 1 aliphatic carbocycles. The topological polar surface area (TPSA) is 23.8 Å². The molecule has 1 saturated carbocycles. The van der Waals surface area contributed by atoms with E-state index in [0.29, 0.717) is 17.8 Å². The lowest BCUT2D eigenvalue weighted by atomic mass is 9.71. The first-order chi connectivity index (χ1) is 5.65. The molecule has 0 amide bonds. The minimum Gasteiger partial charge on any atom is -0.198 e. The summed E-state index contributed by atoms with van der Waals surface area (Å²) in [4.78, 5) is 0. The molecule has 1 rings (SSSR count). The van der Waals surface area contributed by atoms with Crippen LogP contribution < -0.4 is 0 Å². The highest BCUT2D eigenvalue weighted by Gasteiger charge is 2.30. The monoisotopic (exact) mass is 165 g/mol. The van der Waals surface area contributed by atoms with Crippen LogP contribution >= 0.6 is 0 Å². The van der Waals surface area contributed by atoms with Crippen molar-refractivity contribution >= 4 is 0 Å². The van der Waals surface area contributed by atoms with Crippen molar-refractivity contribution in [3.8, 4) is 6.07 Å². The van der Waals surface area contributed by atoms with Gasteiger partial charge in [-0.2, -0.15) is 5.26 Å². The standard InChI is InChI=1S/C11H19N/c1-8(2)11-5-4-9(3)6-10(11)7-12/h8-11H,4-6H2,1-3H3/t9-,10-,11-/m1/s1. The summed E-state index contributed by atoms with van der Waals surface area (Å²) in [5.74, 6) is 2.44. The lowest BCUT2D eigenvalue weighted by Gasteiger charge is -2.33. The van der Waals surface area contributed by atoms with E-state index < -0.39 is 0 Å². The van der Waals surface area contributed by atoms with Crippen LogP contribution in [0.4, 0.5) is 0 Å². The van der Waals surface area contributed by atoms with Gasteiger partial charge in [-0.15, -0.1) is 0 Å². The summed E-state index contributed by atoms with van der Waals surface area (Å²) in [6.45, 7) is 6.75. The van der Waals surface area contributed by atoms with Gasteiger partial charge in [0, 0.05) is 5.92 Å². The molecule has 12 heavy (non-hydrogen) atoms. The van der Waals surface area contributed by atoms with E-state index in [1.54, 1.807) is 0 Å². The third kappa shape index (κ3) is 2.00. The molecule has 1 fully saturated rings. The third-order valence-corrected chi connectivity index (χ3v) is 3.19. The molecule has 0 saturated heterocycles. The predicted octanol–water partition coefficient (Wildman–Crippen LogP) is 3.22. The van der Waals surface area contributed by atoms with E-state index in [4.69, 9.17) is 5.26 Å². The first-order valence-electron chi connectivity index (χ1n) is 5.04. The summed E-state index contributed by atoms with van der Waals surface area (Å²) in [5.41, 5.74) is 0. The maximum absolute atomic E-state index is 8.98. The highest BCUT2D eigenvalue weighted by molar-refractivity contribution is 4.93. The van der Waals surface area contributed by atoms with Crippen molar-refractivity contribution in [3.05, 3.63) is 0 Å². The van der Waals surface area contributed by atoms with Crippen molar-refractivity contribution in [2.75, 3.05) is 0 Å². The van der Waals surface area contributed by atoms with Crippen molar-refractivity contribution in [2.45, 2.75) is 40.0 Å². The molecule has 0 aromatic rings. The Hall–Kier alpha value is -0.510. The fraction of sp³-hybridized carbons (Fsp3) is 0.909. The smallest absolute Gasteiger partial charge is 0.0658 e. The zero-order valence-electron chi connectivity index (χ0n) is 8.38. The Morgan fingerprint density at radius 1 is 1.33 bits per heavy atom. The normalized spacial score (nSPS) is 36.4. The summed E-state index contributed by atoms with van der Waals surface area (Å²) < 4.78 is 0. The highest BCUT2D eigenvalue weighted by Crippen LogP contribution is 2.37. The Labute approximate surface area is 75.8 Å². The van der Waals surface area contributed by atoms with Crippen LogP contribution in [0.15, 0.2) is 0 Å². The van der Waals surface area contributed by atoms with Crippen LogP contribution in [0.3, 0.4) is 0 Å². The van der Waals surface area contributed by atoms with E-state index in [-0.39, 0.29) is 0 Å². The second-order valence-corrected chi connectivity index (χ2v) is 4.56. The molecular formula is C11H19N. The molecule has 0 aromatic heterocycles. The number of nitriles is 1. The van der Waals surface area contributed by atoms with Crippen molar-refractivity contribution in [3.63, 3.8) is 0 Å². The summed E-state index contributed by atoms with van der Waals surface area (Å²) in [7, 11) is 0. The van der Waals surface area contributed by atoms with Gasteiger partial charge in [0.1, 0.15) is 0 Å². The molecule has 0 aliphatic heterocycles. The van der Waals surface area contributed by atoms with Gasteiger partial charge >= 0.3 is 0 Å². The Kier molecular flexibility index (Phi) is 3.14. The Balaban J connectivity index is 2.58. The van der Waals surface area contributed by atoms with E-state index in [1.165, 1.54) is 12.8 Å². The van der Waals surface area contributed by atoms with Gasteiger partial charge in [-0.1, -0.05) is 27.2 Å². The first kappa shape index (κ1) is 9.58. The summed E-state index contributed by atoms with van der Waals surface area (Å²) in [6.07, 6.45) is 3.71. The molecule has 68 valence electrons. The molecule has 1 aliphatic rings. The Morgan fingerprint density at radius 3 is 2.50 bits per heavy atom. The highest BCUT2D eigenvalue weighted by atomic mass is 14.4. The molecule has 3 atom stereocenters. The van der Waals surface area contributed by atoms with E-state index in [9.17, 15) is 0 Å². The zero-order valence-corrected chi connectivity index (χ0v) is 8.38. The maximum Gasteiger partial charge on any atom is 0.0658 e. The quantitative estimate of drug-likeness (QED) is 0.585. The van der Waals surface area contributed by atoms with Crippen LogP contribution in [0, 0.1) is 35.0 Å². The van der Waals surface area contributed by atoms with Crippen LogP contribution in [-0.2, 0) is 0 Å². The average molecular weight is 165 g/mol. The fourth-order valence-corrected chi connectivity index (χ4v) is 2.35. The lowest BCUT2D eigenvalue weighted by Crippen LogP contribution is -2.26. The third-order valence-electron chi connectivity index (χ3n) is 3.19. The zero-order chi connectivity index (χ0) is 9.14. The van der Waals surface area contributed by atoms with Crippen LogP contribution in [-0.4, -0.2) is 0 Å². The van der Waals surface area contributed by atoms with Crippen LogP contribution in [0.25, 0.3) is 0 Å². The minimum absolute atomic E-state index is 0.328. The molecule has 0 unspecified atom stereocenters. The van der Waals surface area contributed by atoms with Gasteiger partial charge in [0.25, 0.3) is 0 Å². The van der Waals surface area contributed by atoms with Crippen LogP contribution in [0.2, 0.25) is 0 Å². The van der Waals surface area contributed by atoms with Crippen molar-refractivity contribution < 1.29 is 0 Å². The largest absolute Gasteiger partial charge is 0.198 e. The van der Waals surface area contributed by atoms with Crippen LogP contribution in [0.5, 0.6) is 0 Å². The first-order valence-corrected chi connectivity index (χ1v) is 5.04. The molecule has 1 heteroatoms. The van der Waals surface area contributed by atoms with E-state index in [2.05, 4.69) is 26.8 Å². The average Bonchev–Trinajstić information content (AvgIpc) is 2.03. The van der Waals surface area contributed by atoms with Gasteiger partial charge in [0.15, 0.2) is 0 Å². The SMILES string of the molecule is CC(C)[C@H]1CC[C@@H](C)C[C@@H]1C#N. The van der Waals surface area contributed by atoms with Crippen molar-refractivity contribution in [2.24, 2.45) is 23.7 Å². The number of hydrogen-bond donors (Lipinski definition) is 0. The molecular weight excluding hydrogens is 146 g/mol. The number of rotatable bonds is 1. The van der Waals surface area contributed by atoms with Gasteiger partial charge in [0.05, 0.1) is 6.07 Å². The minimum atomic E-state index is 0.328. The predicted molar refractivity (Wildman–Crippen MR) is 50.4 cm³/mol. The Morgan fingerprint density at radius 2 is 2.00 bits per heavy atom. The summed E-state index contributed by atoms with van der Waals surface area (Å²) in [5, 5.41) is 8.98. The maximum atomic E-state index is 8.98. The van der Waals surface area contributed by atoms with Gasteiger partial charge in [0.2, 0.25) is 0 Å². The number of nitrogens with zero attached hydrogens (tertiary/aromatic N) is 1. The molecule has 0 aromatic carbocycles. The van der Waals surface area contributed by atoms with E-state index >= 15 is 0 Å². The van der Waals surface area contributed by atoms with Gasteiger partial charge < -0.3 is 0 Å². The van der Waals surface area contributed by atoms with Gasteiger partial charge in [-0.05, 0) is 30.6 Å². The fourth-order valence-electron chi connectivity index (χ4n) is 2.35. The van der Waals surface area contributed by atoms with Crippen LogP contribution in [0.1, 0.15) is 40.0 Å². The molecule has 0 N–H and O–H groups in total. The van der Waals surface area contributed by atoms with Crippen molar-refractivity contribution in [1.82, 2.24) is 0 Å². The lowest BCUT2D eigenvalue weighted by molar-refractivity contribution is 0.183. The molecule has 0 heterocycles. The second-order valence-electron chi connectivity index (χ2n) is 4.56. The van der Waals surface area contributed by atoms with Gasteiger partial charge in [-0.25, -0.2) is 0 Å². The summed E-state index contributed by atoms with van der Waals surface area (Å²) in [6, 6.07) is 2.47. The van der Waals surface area contributed by atoms with Crippen molar-refractivity contribution in [1.29, 1.82) is 5.26 Å². The molecule has 0 bridgehead atoms. The van der Waals surface area contributed by atoms with Gasteiger partial charge in [-0.3, -0.25) is 0 Å².